The first-order valence-corrected chi connectivity index (χ1v) is 9.85. The summed E-state index contributed by atoms with van der Waals surface area (Å²) in [6, 6.07) is 17.7. The topological polar surface area (TPSA) is 64.4 Å². The number of carbonyl (C=O) groups is 1. The molecule has 1 amide bonds. The van der Waals surface area contributed by atoms with Gasteiger partial charge in [0.05, 0.1) is 18.4 Å². The van der Waals surface area contributed by atoms with E-state index in [4.69, 9.17) is 9.26 Å². The van der Waals surface area contributed by atoms with Crippen molar-refractivity contribution in [2.45, 2.75) is 12.7 Å². The number of aromatic nitrogens is 1. The Bertz CT molecular complexity index is 893. The number of methoxy groups -OCH3 is 1. The highest BCUT2D eigenvalue weighted by atomic mass is 32.2. The molecule has 6 heteroatoms. The summed E-state index contributed by atoms with van der Waals surface area (Å²) in [7, 11) is 1.59. The first kappa shape index (κ1) is 19.0. The summed E-state index contributed by atoms with van der Waals surface area (Å²) in [5.74, 6) is 2.64. The van der Waals surface area contributed by atoms with Gasteiger partial charge in [0.1, 0.15) is 11.3 Å². The summed E-state index contributed by atoms with van der Waals surface area (Å²) in [4.78, 5) is 12.7. The van der Waals surface area contributed by atoms with E-state index in [0.29, 0.717) is 34.9 Å². The second kappa shape index (κ2) is 9.28. The molecule has 0 atom stereocenters. The van der Waals surface area contributed by atoms with Crippen LogP contribution in [0.4, 0.5) is 0 Å². The van der Waals surface area contributed by atoms with Crippen LogP contribution in [0.1, 0.15) is 21.6 Å². The van der Waals surface area contributed by atoms with E-state index in [1.807, 2.05) is 42.5 Å². The average molecular weight is 382 g/mol. The minimum absolute atomic E-state index is 0.185. The second-order valence-corrected chi connectivity index (χ2v) is 7.07. The maximum Gasteiger partial charge on any atom is 0.257 e. The molecule has 140 valence electrons. The highest BCUT2D eigenvalue weighted by molar-refractivity contribution is 7.98. The van der Waals surface area contributed by atoms with Gasteiger partial charge in [-0.1, -0.05) is 47.6 Å². The number of amides is 1. The van der Waals surface area contributed by atoms with Crippen LogP contribution in [-0.2, 0) is 5.75 Å². The molecule has 0 unspecified atom stereocenters. The molecule has 27 heavy (non-hydrogen) atoms. The molecule has 1 aromatic heterocycles. The van der Waals surface area contributed by atoms with Crippen molar-refractivity contribution in [2.24, 2.45) is 0 Å². The molecular weight excluding hydrogens is 360 g/mol. The van der Waals surface area contributed by atoms with Crippen molar-refractivity contribution in [2.75, 3.05) is 19.4 Å². The third-order valence-corrected chi connectivity index (χ3v) is 5.12. The monoisotopic (exact) mass is 382 g/mol. The van der Waals surface area contributed by atoms with Crippen LogP contribution >= 0.6 is 11.8 Å². The summed E-state index contributed by atoms with van der Waals surface area (Å²) in [6.07, 6.45) is 0. The maximum atomic E-state index is 12.7. The number of rotatable bonds is 8. The molecule has 2 aromatic carbocycles. The zero-order chi connectivity index (χ0) is 19.1. The zero-order valence-corrected chi connectivity index (χ0v) is 16.2. The van der Waals surface area contributed by atoms with Crippen molar-refractivity contribution >= 4 is 17.7 Å². The lowest BCUT2D eigenvalue weighted by atomic mass is 10.1. The van der Waals surface area contributed by atoms with Crippen LogP contribution in [-0.4, -0.2) is 30.5 Å². The van der Waals surface area contributed by atoms with Gasteiger partial charge in [0.15, 0.2) is 5.76 Å². The standard InChI is InChI=1S/C21H22N2O3S/c1-15-19(20(26-23-15)17-10-6-7-11-18(17)25-2)21(24)22-12-13-27-14-16-8-4-3-5-9-16/h3-11H,12-14H2,1-2H3,(H,22,24). The zero-order valence-electron chi connectivity index (χ0n) is 15.4. The number of nitrogens with zero attached hydrogens (tertiary/aromatic N) is 1. The van der Waals surface area contributed by atoms with Crippen molar-refractivity contribution in [3.8, 4) is 17.1 Å². The van der Waals surface area contributed by atoms with Crippen LogP contribution in [0.25, 0.3) is 11.3 Å². The molecule has 0 radical (unpaired) electrons. The predicted molar refractivity (Wildman–Crippen MR) is 108 cm³/mol. The van der Waals surface area contributed by atoms with Crippen LogP contribution in [0.2, 0.25) is 0 Å². The molecule has 0 saturated heterocycles. The molecule has 0 aliphatic rings. The third-order valence-electron chi connectivity index (χ3n) is 4.08. The van der Waals surface area contributed by atoms with Crippen molar-refractivity contribution in [3.63, 3.8) is 0 Å². The fourth-order valence-corrected chi connectivity index (χ4v) is 3.56. The Hall–Kier alpha value is -2.73. The van der Waals surface area contributed by atoms with Crippen molar-refractivity contribution < 1.29 is 14.1 Å². The van der Waals surface area contributed by atoms with Gasteiger partial charge in [-0.2, -0.15) is 11.8 Å². The number of para-hydroxylation sites is 1. The number of thioether (sulfide) groups is 1. The molecule has 0 aliphatic carbocycles. The Balaban J connectivity index is 1.61. The molecule has 3 rings (SSSR count). The largest absolute Gasteiger partial charge is 0.496 e. The SMILES string of the molecule is COc1ccccc1-c1onc(C)c1C(=O)NCCSCc1ccccc1. The molecule has 1 N–H and O–H groups in total. The van der Waals surface area contributed by atoms with Gasteiger partial charge >= 0.3 is 0 Å². The van der Waals surface area contributed by atoms with Gasteiger partial charge in [-0.15, -0.1) is 0 Å². The van der Waals surface area contributed by atoms with Crippen molar-refractivity contribution in [3.05, 3.63) is 71.4 Å². The van der Waals surface area contributed by atoms with E-state index in [1.165, 1.54) is 5.56 Å². The quantitative estimate of drug-likeness (QED) is 0.588. The normalized spacial score (nSPS) is 10.6. The first-order chi connectivity index (χ1) is 13.2. The van der Waals surface area contributed by atoms with E-state index in [0.717, 1.165) is 11.5 Å². The Morgan fingerprint density at radius 2 is 1.89 bits per heavy atom. The van der Waals surface area contributed by atoms with E-state index >= 15 is 0 Å². The Morgan fingerprint density at radius 3 is 2.67 bits per heavy atom. The van der Waals surface area contributed by atoms with Crippen molar-refractivity contribution in [1.82, 2.24) is 10.5 Å². The average Bonchev–Trinajstić information content (AvgIpc) is 3.09. The summed E-state index contributed by atoms with van der Waals surface area (Å²) in [5.41, 5.74) is 3.00. The minimum Gasteiger partial charge on any atom is -0.496 e. The molecule has 1 heterocycles. The Labute approximate surface area is 163 Å². The van der Waals surface area contributed by atoms with Crippen LogP contribution in [0.3, 0.4) is 0 Å². The predicted octanol–water partition coefficient (Wildman–Crippen LogP) is 4.32. The Kier molecular flexibility index (Phi) is 6.54. The lowest BCUT2D eigenvalue weighted by molar-refractivity contribution is 0.0956. The van der Waals surface area contributed by atoms with Gasteiger partial charge in [-0.3, -0.25) is 4.79 Å². The number of nitrogens with one attached hydrogen (secondary N) is 1. The smallest absolute Gasteiger partial charge is 0.257 e. The molecule has 0 saturated carbocycles. The molecule has 0 spiro atoms. The number of aryl methyl sites for hydroxylation is 1. The van der Waals surface area contributed by atoms with Gasteiger partial charge in [-0.25, -0.2) is 0 Å². The molecular formula is C21H22N2O3S. The summed E-state index contributed by atoms with van der Waals surface area (Å²) in [5, 5.41) is 6.94. The van der Waals surface area contributed by atoms with Crippen molar-refractivity contribution in [1.29, 1.82) is 0 Å². The first-order valence-electron chi connectivity index (χ1n) is 8.70. The minimum atomic E-state index is -0.185. The number of benzene rings is 2. The van der Waals surface area contributed by atoms with E-state index in [-0.39, 0.29) is 5.91 Å². The van der Waals surface area contributed by atoms with E-state index < -0.39 is 0 Å². The Morgan fingerprint density at radius 1 is 1.15 bits per heavy atom. The lowest BCUT2D eigenvalue weighted by Gasteiger charge is -2.08. The molecule has 3 aromatic rings. The summed E-state index contributed by atoms with van der Waals surface area (Å²) in [6.45, 7) is 2.34. The fourth-order valence-electron chi connectivity index (χ4n) is 2.74. The van der Waals surface area contributed by atoms with E-state index in [1.54, 1.807) is 25.8 Å². The number of carbonyl (C=O) groups excluding carboxylic acids is 1. The van der Waals surface area contributed by atoms with E-state index in [2.05, 4.69) is 22.6 Å². The number of hydrogen-bond acceptors (Lipinski definition) is 5. The molecule has 0 fully saturated rings. The molecule has 0 aliphatic heterocycles. The summed E-state index contributed by atoms with van der Waals surface area (Å²) < 4.78 is 10.8. The lowest BCUT2D eigenvalue weighted by Crippen LogP contribution is -2.26. The maximum absolute atomic E-state index is 12.7. The number of hydrogen-bond donors (Lipinski definition) is 1. The van der Waals surface area contributed by atoms with Gasteiger partial charge in [0.2, 0.25) is 0 Å². The molecule has 5 nitrogen and oxygen atoms in total. The van der Waals surface area contributed by atoms with Gasteiger partial charge in [0, 0.05) is 18.1 Å². The second-order valence-electron chi connectivity index (χ2n) is 5.97. The van der Waals surface area contributed by atoms with Gasteiger partial charge in [-0.05, 0) is 24.6 Å². The van der Waals surface area contributed by atoms with Crippen LogP contribution in [0, 0.1) is 6.92 Å². The highest BCUT2D eigenvalue weighted by Crippen LogP contribution is 2.33. The fraction of sp³-hybridized carbons (Fsp3) is 0.238. The summed E-state index contributed by atoms with van der Waals surface area (Å²) >= 11 is 1.78. The molecule has 0 bridgehead atoms. The van der Waals surface area contributed by atoms with Crippen LogP contribution in [0.5, 0.6) is 5.75 Å². The third kappa shape index (κ3) is 4.71. The highest BCUT2D eigenvalue weighted by Gasteiger charge is 2.23. The van der Waals surface area contributed by atoms with Crippen LogP contribution in [0.15, 0.2) is 59.1 Å². The van der Waals surface area contributed by atoms with Gasteiger partial charge in [0.25, 0.3) is 5.91 Å². The van der Waals surface area contributed by atoms with E-state index in [9.17, 15) is 4.79 Å². The number of ether oxygens (including phenoxy) is 1. The van der Waals surface area contributed by atoms with Crippen LogP contribution < -0.4 is 10.1 Å². The van der Waals surface area contributed by atoms with Gasteiger partial charge < -0.3 is 14.6 Å².